The number of likely N-dealkylation sites (tertiary alicyclic amines) is 1. The Hall–Kier alpha value is -2.63. The molecule has 0 aliphatic carbocycles. The summed E-state index contributed by atoms with van der Waals surface area (Å²) in [7, 11) is 0. The minimum atomic E-state index is -0.872. The van der Waals surface area contributed by atoms with Crippen molar-refractivity contribution >= 4 is 12.4 Å². The van der Waals surface area contributed by atoms with E-state index in [0.29, 0.717) is 31.6 Å². The van der Waals surface area contributed by atoms with Crippen LogP contribution in [0.3, 0.4) is 0 Å². The van der Waals surface area contributed by atoms with E-state index in [2.05, 4.69) is 17.1 Å². The van der Waals surface area contributed by atoms with Gasteiger partial charge in [-0.3, -0.25) is 4.79 Å². The third-order valence-corrected chi connectivity index (χ3v) is 5.46. The Morgan fingerprint density at radius 1 is 1.21 bits per heavy atom. The van der Waals surface area contributed by atoms with Gasteiger partial charge in [-0.1, -0.05) is 24.3 Å². The van der Waals surface area contributed by atoms with Crippen LogP contribution < -0.4 is 0 Å². The first kappa shape index (κ1) is 14.9. The molecule has 0 bridgehead atoms. The number of fused-ring (bicyclic) bond motifs is 4. The van der Waals surface area contributed by atoms with Gasteiger partial charge in [0.1, 0.15) is 11.5 Å². The van der Waals surface area contributed by atoms with Gasteiger partial charge >= 0.3 is 6.09 Å². The summed E-state index contributed by atoms with van der Waals surface area (Å²) >= 11 is 0. The molecule has 1 fully saturated rings. The number of carbonyl (C=O) groups excluding carboxylic acids is 1. The van der Waals surface area contributed by atoms with Gasteiger partial charge in [-0.25, -0.2) is 9.78 Å². The van der Waals surface area contributed by atoms with E-state index in [1.165, 1.54) is 16.0 Å². The van der Waals surface area contributed by atoms with Crippen LogP contribution in [0.1, 0.15) is 40.3 Å². The molecule has 1 spiro atoms. The number of nitrogens with zero attached hydrogens (tertiary/aromatic N) is 3. The molecule has 4 rings (SSSR count). The molecular formula is C18H19N3O3. The molecular weight excluding hydrogens is 306 g/mol. The lowest BCUT2D eigenvalue weighted by atomic mass is 9.70. The zero-order valence-corrected chi connectivity index (χ0v) is 13.3. The molecule has 0 radical (unpaired) electrons. The average Bonchev–Trinajstić information content (AvgIpc) is 2.98. The Morgan fingerprint density at radius 2 is 1.96 bits per heavy atom. The van der Waals surface area contributed by atoms with Crippen molar-refractivity contribution in [2.24, 2.45) is 0 Å². The molecule has 0 atom stereocenters. The lowest BCUT2D eigenvalue weighted by molar-refractivity contribution is 0.111. The summed E-state index contributed by atoms with van der Waals surface area (Å²) in [5.41, 5.74) is 2.78. The largest absolute Gasteiger partial charge is 0.465 e. The zero-order valence-electron chi connectivity index (χ0n) is 13.3. The summed E-state index contributed by atoms with van der Waals surface area (Å²) in [4.78, 5) is 28.7. The highest BCUT2D eigenvalue weighted by molar-refractivity contribution is 5.72. The monoisotopic (exact) mass is 325 g/mol. The van der Waals surface area contributed by atoms with Gasteiger partial charge in [0.05, 0.1) is 11.6 Å². The highest BCUT2D eigenvalue weighted by Crippen LogP contribution is 2.44. The molecule has 24 heavy (non-hydrogen) atoms. The predicted octanol–water partition coefficient (Wildman–Crippen LogP) is 2.31. The van der Waals surface area contributed by atoms with Gasteiger partial charge in [0.15, 0.2) is 6.29 Å². The van der Waals surface area contributed by atoms with Crippen LogP contribution in [-0.4, -0.2) is 45.0 Å². The second kappa shape index (κ2) is 5.47. The molecule has 1 aromatic carbocycles. The number of aldehydes is 1. The fourth-order valence-corrected chi connectivity index (χ4v) is 4.23. The average molecular weight is 325 g/mol. The number of amides is 1. The van der Waals surface area contributed by atoms with Gasteiger partial charge in [0.25, 0.3) is 0 Å². The van der Waals surface area contributed by atoms with Crippen molar-refractivity contribution in [1.29, 1.82) is 0 Å². The molecule has 1 N–H and O–H groups in total. The highest BCUT2D eigenvalue weighted by Gasteiger charge is 2.44. The van der Waals surface area contributed by atoms with Crippen LogP contribution in [0.15, 0.2) is 30.5 Å². The summed E-state index contributed by atoms with van der Waals surface area (Å²) in [6, 6.07) is 8.33. The Morgan fingerprint density at radius 3 is 2.67 bits per heavy atom. The molecule has 1 saturated heterocycles. The van der Waals surface area contributed by atoms with E-state index in [1.54, 1.807) is 6.20 Å². The van der Waals surface area contributed by atoms with Crippen LogP contribution >= 0.6 is 0 Å². The first-order chi connectivity index (χ1) is 11.7. The number of benzene rings is 1. The van der Waals surface area contributed by atoms with E-state index in [4.69, 9.17) is 0 Å². The van der Waals surface area contributed by atoms with Crippen molar-refractivity contribution in [3.05, 3.63) is 53.1 Å². The minimum absolute atomic E-state index is 0.319. The summed E-state index contributed by atoms with van der Waals surface area (Å²) < 4.78 is 2.02. The van der Waals surface area contributed by atoms with Crippen LogP contribution in [0.4, 0.5) is 4.79 Å². The summed E-state index contributed by atoms with van der Waals surface area (Å²) in [5, 5.41) is 9.27. The molecule has 6 heteroatoms. The quantitative estimate of drug-likeness (QED) is 0.817. The molecule has 124 valence electrons. The van der Waals surface area contributed by atoms with Gasteiger partial charge in [-0.15, -0.1) is 0 Å². The number of carboxylic acid groups (broad SMARTS) is 1. The second-order valence-electron chi connectivity index (χ2n) is 6.54. The Balaban J connectivity index is 1.87. The maximum absolute atomic E-state index is 11.4. The van der Waals surface area contributed by atoms with Crippen molar-refractivity contribution in [1.82, 2.24) is 14.5 Å². The van der Waals surface area contributed by atoms with E-state index in [-0.39, 0.29) is 5.41 Å². The number of hydrogen-bond donors (Lipinski definition) is 1. The lowest BCUT2D eigenvalue weighted by Gasteiger charge is -2.41. The van der Waals surface area contributed by atoms with E-state index >= 15 is 0 Å². The number of aryl methyl sites for hydroxylation is 1. The second-order valence-corrected chi connectivity index (χ2v) is 6.54. The van der Waals surface area contributed by atoms with Crippen molar-refractivity contribution in [2.75, 3.05) is 13.1 Å². The van der Waals surface area contributed by atoms with Crippen LogP contribution in [0.5, 0.6) is 0 Å². The first-order valence-corrected chi connectivity index (χ1v) is 8.23. The summed E-state index contributed by atoms with van der Waals surface area (Å²) in [6.07, 6.45) is 3.85. The molecule has 2 aromatic rings. The smallest absolute Gasteiger partial charge is 0.407 e. The third kappa shape index (κ3) is 2.06. The van der Waals surface area contributed by atoms with Gasteiger partial charge in [-0.05, 0) is 30.4 Å². The van der Waals surface area contributed by atoms with Crippen LogP contribution in [-0.2, 0) is 18.4 Å². The SMILES string of the molecule is O=Cc1cnc2n1CCc1ccccc1C21CCN(C(=O)O)CC1. The highest BCUT2D eigenvalue weighted by atomic mass is 16.4. The lowest BCUT2D eigenvalue weighted by Crippen LogP contribution is -2.46. The van der Waals surface area contributed by atoms with E-state index in [1.807, 2.05) is 16.7 Å². The van der Waals surface area contributed by atoms with Crippen molar-refractivity contribution in [3.8, 4) is 0 Å². The van der Waals surface area contributed by atoms with Crippen LogP contribution in [0.2, 0.25) is 0 Å². The Labute approximate surface area is 139 Å². The summed E-state index contributed by atoms with van der Waals surface area (Å²) in [5.74, 6) is 0.902. The Bertz CT molecular complexity index is 804. The molecule has 0 saturated carbocycles. The van der Waals surface area contributed by atoms with Crippen molar-refractivity contribution in [2.45, 2.75) is 31.2 Å². The van der Waals surface area contributed by atoms with Gasteiger partial charge in [0.2, 0.25) is 0 Å². The molecule has 1 amide bonds. The molecule has 3 heterocycles. The normalized spacial score (nSPS) is 18.6. The van der Waals surface area contributed by atoms with E-state index in [9.17, 15) is 14.7 Å². The van der Waals surface area contributed by atoms with E-state index < -0.39 is 6.09 Å². The molecule has 2 aliphatic heterocycles. The van der Waals surface area contributed by atoms with Gasteiger partial charge < -0.3 is 14.6 Å². The number of piperidine rings is 1. The Kier molecular flexibility index (Phi) is 3.40. The number of rotatable bonds is 1. The van der Waals surface area contributed by atoms with Gasteiger partial charge in [-0.2, -0.15) is 0 Å². The maximum Gasteiger partial charge on any atom is 0.407 e. The standard InChI is InChI=1S/C18H19N3O3/c22-12-14-11-19-16-18(6-9-20(10-7-18)17(23)24)15-4-2-1-3-13(15)5-8-21(14)16/h1-4,11-12H,5-10H2,(H,23,24). The maximum atomic E-state index is 11.4. The minimum Gasteiger partial charge on any atom is -0.465 e. The zero-order chi connectivity index (χ0) is 16.7. The van der Waals surface area contributed by atoms with Gasteiger partial charge in [0, 0.05) is 19.6 Å². The fraction of sp³-hybridized carbons (Fsp3) is 0.389. The molecule has 2 aliphatic rings. The fourth-order valence-electron chi connectivity index (χ4n) is 4.23. The molecule has 6 nitrogen and oxygen atoms in total. The van der Waals surface area contributed by atoms with Crippen molar-refractivity contribution in [3.63, 3.8) is 0 Å². The first-order valence-electron chi connectivity index (χ1n) is 8.23. The predicted molar refractivity (Wildman–Crippen MR) is 87.4 cm³/mol. The van der Waals surface area contributed by atoms with Crippen LogP contribution in [0.25, 0.3) is 0 Å². The third-order valence-electron chi connectivity index (χ3n) is 5.46. The number of hydrogen-bond acceptors (Lipinski definition) is 3. The summed E-state index contributed by atoms with van der Waals surface area (Å²) in [6.45, 7) is 1.69. The van der Waals surface area contributed by atoms with E-state index in [0.717, 1.165) is 25.1 Å². The number of imidazole rings is 1. The molecule has 1 aromatic heterocycles. The van der Waals surface area contributed by atoms with Crippen molar-refractivity contribution < 1.29 is 14.7 Å². The topological polar surface area (TPSA) is 75.4 Å². The number of aromatic nitrogens is 2. The van der Waals surface area contributed by atoms with Crippen LogP contribution in [0, 0.1) is 0 Å². The molecule has 0 unspecified atom stereocenters. The number of carbonyl (C=O) groups is 2.